The second-order valence-corrected chi connectivity index (χ2v) is 9.82. The van der Waals surface area contributed by atoms with Crippen LogP contribution in [0.25, 0.3) is 0 Å². The zero-order chi connectivity index (χ0) is 10.8. The van der Waals surface area contributed by atoms with Crippen LogP contribution >= 0.6 is 0 Å². The highest BCUT2D eigenvalue weighted by Crippen LogP contribution is 2.25. The first-order chi connectivity index (χ1) is 6.45. The van der Waals surface area contributed by atoms with Crippen molar-refractivity contribution in [2.45, 2.75) is 25.4 Å². The summed E-state index contributed by atoms with van der Waals surface area (Å²) in [5.74, 6) is 0.830. The third kappa shape index (κ3) is 2.59. The van der Waals surface area contributed by atoms with Gasteiger partial charge in [-0.15, -0.1) is 0 Å². The largest absolute Gasteiger partial charge is 0.497 e. The van der Waals surface area contributed by atoms with Crippen molar-refractivity contribution in [3.8, 4) is 5.75 Å². The van der Waals surface area contributed by atoms with E-state index >= 15 is 0 Å². The van der Waals surface area contributed by atoms with Gasteiger partial charge in [-0.1, -0.05) is 31.8 Å². The normalized spacial score (nSPS) is 13.8. The first-order valence-corrected chi connectivity index (χ1v) is 8.35. The highest BCUT2D eigenvalue weighted by molar-refractivity contribution is 6.77. The number of hydrogen-bond donors (Lipinski definition) is 1. The molecule has 1 rings (SSSR count). The van der Waals surface area contributed by atoms with Crippen LogP contribution in [0.4, 0.5) is 0 Å². The molecule has 0 amide bonds. The van der Waals surface area contributed by atoms with Crippen LogP contribution in [0.3, 0.4) is 0 Å². The Kier molecular flexibility index (Phi) is 3.34. The zero-order valence-corrected chi connectivity index (χ0v) is 10.2. The monoisotopic (exact) mass is 210 g/mol. The number of hydrogen-bond acceptors (Lipinski definition) is 2. The molecule has 14 heavy (non-hydrogen) atoms. The van der Waals surface area contributed by atoms with Crippen molar-refractivity contribution < 1.29 is 9.84 Å². The van der Waals surface area contributed by atoms with Gasteiger partial charge in [0.15, 0.2) is 0 Å². The SMILES string of the molecule is COc1ccc(C(O)[Si](C)(C)C)cc1. The molecule has 0 spiro atoms. The van der Waals surface area contributed by atoms with E-state index in [4.69, 9.17) is 4.74 Å². The van der Waals surface area contributed by atoms with E-state index < -0.39 is 8.07 Å². The number of methoxy groups -OCH3 is 1. The maximum absolute atomic E-state index is 10.0. The lowest BCUT2D eigenvalue weighted by Crippen LogP contribution is -2.30. The van der Waals surface area contributed by atoms with Crippen LogP contribution in [-0.2, 0) is 0 Å². The Morgan fingerprint density at radius 1 is 1.14 bits per heavy atom. The van der Waals surface area contributed by atoms with E-state index in [0.717, 1.165) is 11.3 Å². The fraction of sp³-hybridized carbons (Fsp3) is 0.455. The summed E-state index contributed by atoms with van der Waals surface area (Å²) >= 11 is 0. The van der Waals surface area contributed by atoms with Crippen molar-refractivity contribution in [2.75, 3.05) is 7.11 Å². The van der Waals surface area contributed by atoms with Crippen molar-refractivity contribution in [3.63, 3.8) is 0 Å². The Morgan fingerprint density at radius 2 is 1.64 bits per heavy atom. The summed E-state index contributed by atoms with van der Waals surface area (Å²) in [5, 5.41) is 10.0. The van der Waals surface area contributed by atoms with Crippen LogP contribution in [0.15, 0.2) is 24.3 Å². The molecule has 1 aromatic rings. The van der Waals surface area contributed by atoms with E-state index in [9.17, 15) is 5.11 Å². The minimum atomic E-state index is -1.51. The molecule has 1 unspecified atom stereocenters. The first kappa shape index (κ1) is 11.3. The maximum atomic E-state index is 10.0. The molecule has 0 aromatic heterocycles. The number of benzene rings is 1. The molecule has 3 heteroatoms. The summed E-state index contributed by atoms with van der Waals surface area (Å²) in [7, 11) is 0.129. The quantitative estimate of drug-likeness (QED) is 0.777. The summed E-state index contributed by atoms with van der Waals surface area (Å²) in [6.45, 7) is 6.46. The molecular formula is C11H18O2Si. The molecule has 1 N–H and O–H groups in total. The number of aliphatic hydroxyl groups excluding tert-OH is 1. The molecule has 0 aliphatic heterocycles. The van der Waals surface area contributed by atoms with Gasteiger partial charge < -0.3 is 9.84 Å². The van der Waals surface area contributed by atoms with E-state index in [1.807, 2.05) is 24.3 Å². The van der Waals surface area contributed by atoms with E-state index in [-0.39, 0.29) is 5.73 Å². The molecule has 0 aliphatic carbocycles. The van der Waals surface area contributed by atoms with Crippen LogP contribution in [-0.4, -0.2) is 20.3 Å². The van der Waals surface area contributed by atoms with Gasteiger partial charge in [0.2, 0.25) is 0 Å². The average Bonchev–Trinajstić information content (AvgIpc) is 2.15. The van der Waals surface area contributed by atoms with Crippen molar-refractivity contribution in [1.82, 2.24) is 0 Å². The van der Waals surface area contributed by atoms with Gasteiger partial charge in [-0.3, -0.25) is 0 Å². The molecule has 0 radical (unpaired) electrons. The van der Waals surface area contributed by atoms with Gasteiger partial charge in [-0.2, -0.15) is 0 Å². The predicted octanol–water partition coefficient (Wildman–Crippen LogP) is 2.61. The Balaban J connectivity index is 2.87. The standard InChI is InChI=1S/C11H18O2Si/c1-13-10-7-5-9(6-8-10)11(12)14(2,3)4/h5-8,11-12H,1-4H3. The Hall–Kier alpha value is -0.803. The summed E-state index contributed by atoms with van der Waals surface area (Å²) in [6.07, 6.45) is 0. The van der Waals surface area contributed by atoms with Crippen molar-refractivity contribution in [2.24, 2.45) is 0 Å². The zero-order valence-electron chi connectivity index (χ0n) is 9.24. The van der Waals surface area contributed by atoms with Crippen LogP contribution in [0, 0.1) is 0 Å². The molecule has 2 nitrogen and oxygen atoms in total. The Bertz CT molecular complexity index is 287. The fourth-order valence-corrected chi connectivity index (χ4v) is 2.48. The molecule has 0 aliphatic rings. The second-order valence-electron chi connectivity index (χ2n) is 4.54. The molecule has 1 aromatic carbocycles. The third-order valence-electron chi connectivity index (χ3n) is 2.25. The first-order valence-electron chi connectivity index (χ1n) is 4.77. The topological polar surface area (TPSA) is 29.5 Å². The molecule has 0 saturated carbocycles. The van der Waals surface area contributed by atoms with Gasteiger partial charge in [0.25, 0.3) is 0 Å². The number of ether oxygens (including phenoxy) is 1. The van der Waals surface area contributed by atoms with Gasteiger partial charge in [0.05, 0.1) is 20.9 Å². The van der Waals surface area contributed by atoms with E-state index in [0.29, 0.717) is 0 Å². The summed E-state index contributed by atoms with van der Waals surface area (Å²) in [4.78, 5) is 0. The Morgan fingerprint density at radius 3 is 2.00 bits per heavy atom. The lowest BCUT2D eigenvalue weighted by Gasteiger charge is -2.24. The van der Waals surface area contributed by atoms with Crippen LogP contribution in [0.1, 0.15) is 11.3 Å². The molecule has 1 atom stereocenters. The van der Waals surface area contributed by atoms with Crippen molar-refractivity contribution in [1.29, 1.82) is 0 Å². The number of aliphatic hydroxyl groups is 1. The number of rotatable bonds is 3. The van der Waals surface area contributed by atoms with E-state index in [1.54, 1.807) is 7.11 Å². The molecule has 0 fully saturated rings. The van der Waals surface area contributed by atoms with Crippen LogP contribution in [0.5, 0.6) is 5.75 Å². The van der Waals surface area contributed by atoms with Crippen molar-refractivity contribution in [3.05, 3.63) is 29.8 Å². The fourth-order valence-electron chi connectivity index (χ4n) is 1.29. The van der Waals surface area contributed by atoms with E-state index in [2.05, 4.69) is 19.6 Å². The average molecular weight is 210 g/mol. The van der Waals surface area contributed by atoms with Crippen molar-refractivity contribution >= 4 is 8.07 Å². The van der Waals surface area contributed by atoms with Gasteiger partial charge in [-0.25, -0.2) is 0 Å². The van der Waals surface area contributed by atoms with Gasteiger partial charge in [0, 0.05) is 0 Å². The predicted molar refractivity (Wildman–Crippen MR) is 61.3 cm³/mol. The molecule has 0 bridgehead atoms. The third-order valence-corrected chi connectivity index (χ3v) is 4.23. The Labute approximate surface area is 86.5 Å². The van der Waals surface area contributed by atoms with Crippen LogP contribution < -0.4 is 4.74 Å². The summed E-state index contributed by atoms with van der Waals surface area (Å²) in [5.41, 5.74) is 0.693. The van der Waals surface area contributed by atoms with Gasteiger partial charge in [0.1, 0.15) is 5.75 Å². The van der Waals surface area contributed by atoms with Gasteiger partial charge in [-0.05, 0) is 17.7 Å². The highest BCUT2D eigenvalue weighted by atomic mass is 28.3. The molecule has 0 heterocycles. The molecular weight excluding hydrogens is 192 g/mol. The van der Waals surface area contributed by atoms with E-state index in [1.165, 1.54) is 0 Å². The highest BCUT2D eigenvalue weighted by Gasteiger charge is 2.25. The lowest BCUT2D eigenvalue weighted by atomic mass is 10.2. The minimum Gasteiger partial charge on any atom is -0.497 e. The second kappa shape index (κ2) is 4.15. The minimum absolute atomic E-state index is 0.298. The maximum Gasteiger partial charge on any atom is 0.118 e. The smallest absolute Gasteiger partial charge is 0.118 e. The van der Waals surface area contributed by atoms with Crippen LogP contribution in [0.2, 0.25) is 19.6 Å². The lowest BCUT2D eigenvalue weighted by molar-refractivity contribution is 0.249. The molecule has 78 valence electrons. The summed E-state index contributed by atoms with van der Waals surface area (Å²) < 4.78 is 5.06. The molecule has 0 saturated heterocycles. The van der Waals surface area contributed by atoms with Gasteiger partial charge >= 0.3 is 0 Å². The summed E-state index contributed by atoms with van der Waals surface area (Å²) in [6, 6.07) is 7.64.